The molecule has 2 amide bonds. The molecule has 0 spiro atoms. The van der Waals surface area contributed by atoms with Crippen molar-refractivity contribution in [2.24, 2.45) is 0 Å². The summed E-state index contributed by atoms with van der Waals surface area (Å²) in [5, 5.41) is 17.3. The van der Waals surface area contributed by atoms with Crippen LogP contribution in [0.15, 0.2) is 66.7 Å². The van der Waals surface area contributed by atoms with Crippen LogP contribution in [0.4, 0.5) is 16.2 Å². The Labute approximate surface area is 134 Å². The quantitative estimate of drug-likeness (QED) is 0.665. The van der Waals surface area contributed by atoms with Crippen LogP contribution < -0.4 is 10.6 Å². The van der Waals surface area contributed by atoms with Gasteiger partial charge in [-0.1, -0.05) is 48.5 Å². The van der Waals surface area contributed by atoms with E-state index in [9.17, 15) is 9.90 Å². The largest absolute Gasteiger partial charge is 0.389 e. The fraction of sp³-hybridized carbons (Fsp3) is 0.105. The van der Waals surface area contributed by atoms with Crippen molar-refractivity contribution < 1.29 is 9.90 Å². The zero-order chi connectivity index (χ0) is 16.2. The zero-order valence-electron chi connectivity index (χ0n) is 12.8. The third-order valence-corrected chi connectivity index (χ3v) is 3.66. The summed E-state index contributed by atoms with van der Waals surface area (Å²) in [6, 6.07) is 20.5. The number of carbonyl (C=O) groups is 1. The van der Waals surface area contributed by atoms with Crippen molar-refractivity contribution in [3.8, 4) is 0 Å². The number of aliphatic hydroxyl groups excluding tert-OH is 1. The van der Waals surface area contributed by atoms with Crippen molar-refractivity contribution in [2.75, 3.05) is 10.6 Å². The van der Waals surface area contributed by atoms with Gasteiger partial charge in [-0.3, -0.25) is 0 Å². The molecular weight excluding hydrogens is 288 g/mol. The number of urea groups is 1. The highest BCUT2D eigenvalue weighted by molar-refractivity contribution is 6.06. The van der Waals surface area contributed by atoms with Gasteiger partial charge in [0.2, 0.25) is 0 Å². The first-order chi connectivity index (χ1) is 11.1. The van der Waals surface area contributed by atoms with Crippen LogP contribution in [0.2, 0.25) is 0 Å². The minimum Gasteiger partial charge on any atom is -0.389 e. The number of anilines is 2. The lowest BCUT2D eigenvalue weighted by atomic mass is 10.1. The Bertz CT molecular complexity index is 838. The lowest BCUT2D eigenvalue weighted by molar-refractivity contribution is 0.199. The Hall–Kier alpha value is -2.85. The van der Waals surface area contributed by atoms with Crippen LogP contribution in [0.1, 0.15) is 18.6 Å². The molecule has 1 unspecified atom stereocenters. The second-order valence-corrected chi connectivity index (χ2v) is 5.41. The van der Waals surface area contributed by atoms with Crippen LogP contribution >= 0.6 is 0 Å². The molecule has 0 aromatic heterocycles. The summed E-state index contributed by atoms with van der Waals surface area (Å²) >= 11 is 0. The van der Waals surface area contributed by atoms with Gasteiger partial charge in [0.05, 0.1) is 11.8 Å². The smallest absolute Gasteiger partial charge is 0.323 e. The van der Waals surface area contributed by atoms with Crippen LogP contribution in [0, 0.1) is 0 Å². The van der Waals surface area contributed by atoms with Crippen molar-refractivity contribution in [3.05, 3.63) is 72.3 Å². The van der Waals surface area contributed by atoms with E-state index in [1.807, 2.05) is 48.5 Å². The molecule has 4 heteroatoms. The summed E-state index contributed by atoms with van der Waals surface area (Å²) in [6.07, 6.45) is -0.571. The number of amides is 2. The zero-order valence-corrected chi connectivity index (χ0v) is 12.8. The summed E-state index contributed by atoms with van der Waals surface area (Å²) in [5.74, 6) is 0. The second kappa shape index (κ2) is 6.50. The van der Waals surface area contributed by atoms with Gasteiger partial charge >= 0.3 is 6.03 Å². The van der Waals surface area contributed by atoms with Gasteiger partial charge in [-0.2, -0.15) is 0 Å². The minimum atomic E-state index is -0.571. The predicted molar refractivity (Wildman–Crippen MR) is 93.7 cm³/mol. The maximum Gasteiger partial charge on any atom is 0.323 e. The number of rotatable bonds is 3. The van der Waals surface area contributed by atoms with Gasteiger partial charge in [-0.25, -0.2) is 4.79 Å². The van der Waals surface area contributed by atoms with E-state index in [0.717, 1.165) is 22.0 Å². The molecular formula is C19H18N2O2. The summed E-state index contributed by atoms with van der Waals surface area (Å²) in [6.45, 7) is 1.69. The lowest BCUT2D eigenvalue weighted by Gasteiger charge is -2.11. The molecule has 3 aromatic carbocycles. The summed E-state index contributed by atoms with van der Waals surface area (Å²) in [4.78, 5) is 12.2. The summed E-state index contributed by atoms with van der Waals surface area (Å²) in [5.41, 5.74) is 2.15. The first-order valence-corrected chi connectivity index (χ1v) is 7.47. The molecule has 3 N–H and O–H groups in total. The number of aliphatic hydroxyl groups is 1. The molecule has 116 valence electrons. The molecule has 3 aromatic rings. The standard InChI is InChI=1S/C19H18N2O2/c1-13(22)15-8-4-9-16(12-15)20-19(23)21-18-11-5-7-14-6-2-3-10-17(14)18/h2-13,22H,1H3,(H2,20,21,23). The Morgan fingerprint density at radius 3 is 2.52 bits per heavy atom. The van der Waals surface area contributed by atoms with E-state index in [-0.39, 0.29) is 6.03 Å². The molecule has 0 fully saturated rings. The highest BCUT2D eigenvalue weighted by atomic mass is 16.3. The van der Waals surface area contributed by atoms with Crippen LogP contribution in [-0.2, 0) is 0 Å². The van der Waals surface area contributed by atoms with Crippen molar-refractivity contribution in [2.45, 2.75) is 13.0 Å². The van der Waals surface area contributed by atoms with Crippen molar-refractivity contribution in [1.29, 1.82) is 0 Å². The van der Waals surface area contributed by atoms with Gasteiger partial charge in [-0.05, 0) is 36.1 Å². The summed E-state index contributed by atoms with van der Waals surface area (Å²) in [7, 11) is 0. The Balaban J connectivity index is 1.78. The van der Waals surface area contributed by atoms with E-state index in [4.69, 9.17) is 0 Å². The molecule has 3 rings (SSSR count). The second-order valence-electron chi connectivity index (χ2n) is 5.41. The highest BCUT2D eigenvalue weighted by Gasteiger charge is 2.07. The van der Waals surface area contributed by atoms with E-state index >= 15 is 0 Å². The lowest BCUT2D eigenvalue weighted by Crippen LogP contribution is -2.19. The number of benzene rings is 3. The number of hydrogen-bond acceptors (Lipinski definition) is 2. The maximum absolute atomic E-state index is 12.2. The van der Waals surface area contributed by atoms with Gasteiger partial charge in [0.25, 0.3) is 0 Å². The molecule has 0 bridgehead atoms. The maximum atomic E-state index is 12.2. The van der Waals surface area contributed by atoms with E-state index < -0.39 is 6.10 Å². The first-order valence-electron chi connectivity index (χ1n) is 7.47. The van der Waals surface area contributed by atoms with Gasteiger partial charge in [0.1, 0.15) is 0 Å². The predicted octanol–water partition coefficient (Wildman–Crippen LogP) is 4.54. The topological polar surface area (TPSA) is 61.4 Å². The molecule has 4 nitrogen and oxygen atoms in total. The molecule has 0 aliphatic heterocycles. The van der Waals surface area contributed by atoms with E-state index in [0.29, 0.717) is 5.69 Å². The minimum absolute atomic E-state index is 0.316. The van der Waals surface area contributed by atoms with Crippen molar-refractivity contribution in [3.63, 3.8) is 0 Å². The van der Waals surface area contributed by atoms with E-state index in [1.54, 1.807) is 25.1 Å². The monoisotopic (exact) mass is 306 g/mol. The van der Waals surface area contributed by atoms with Crippen LogP contribution in [0.3, 0.4) is 0 Å². The Morgan fingerprint density at radius 1 is 0.957 bits per heavy atom. The van der Waals surface area contributed by atoms with Gasteiger partial charge < -0.3 is 15.7 Å². The molecule has 0 aliphatic carbocycles. The SMILES string of the molecule is CC(O)c1cccc(NC(=O)Nc2cccc3ccccc23)c1. The van der Waals surface area contributed by atoms with Gasteiger partial charge in [0, 0.05) is 11.1 Å². The first kappa shape index (κ1) is 15.1. The normalized spacial score (nSPS) is 11.9. The van der Waals surface area contributed by atoms with E-state index in [1.165, 1.54) is 0 Å². The molecule has 0 heterocycles. The average molecular weight is 306 g/mol. The number of fused-ring (bicyclic) bond motifs is 1. The van der Waals surface area contributed by atoms with Crippen LogP contribution in [0.25, 0.3) is 10.8 Å². The number of nitrogens with one attached hydrogen (secondary N) is 2. The number of carbonyl (C=O) groups excluding carboxylic acids is 1. The van der Waals surface area contributed by atoms with Crippen molar-refractivity contribution >= 4 is 28.2 Å². The molecule has 0 saturated carbocycles. The third-order valence-electron chi connectivity index (χ3n) is 3.66. The van der Waals surface area contributed by atoms with Crippen molar-refractivity contribution in [1.82, 2.24) is 0 Å². The Morgan fingerprint density at radius 2 is 1.70 bits per heavy atom. The fourth-order valence-electron chi connectivity index (χ4n) is 2.50. The van der Waals surface area contributed by atoms with Gasteiger partial charge in [-0.15, -0.1) is 0 Å². The molecule has 1 atom stereocenters. The molecule has 0 radical (unpaired) electrons. The van der Waals surface area contributed by atoms with Crippen LogP contribution in [-0.4, -0.2) is 11.1 Å². The number of hydrogen-bond donors (Lipinski definition) is 3. The summed E-state index contributed by atoms with van der Waals surface area (Å²) < 4.78 is 0. The van der Waals surface area contributed by atoms with Crippen LogP contribution in [0.5, 0.6) is 0 Å². The highest BCUT2D eigenvalue weighted by Crippen LogP contribution is 2.23. The van der Waals surface area contributed by atoms with Gasteiger partial charge in [0.15, 0.2) is 0 Å². The molecule has 0 saturated heterocycles. The molecule has 0 aliphatic rings. The van der Waals surface area contributed by atoms with E-state index in [2.05, 4.69) is 10.6 Å². The molecule has 23 heavy (non-hydrogen) atoms. The fourth-order valence-corrected chi connectivity index (χ4v) is 2.50. The average Bonchev–Trinajstić information content (AvgIpc) is 2.55. The Kier molecular flexibility index (Phi) is 4.26. The third kappa shape index (κ3) is 3.49.